The van der Waals surface area contributed by atoms with Crippen molar-refractivity contribution < 1.29 is 19.1 Å². The largest absolute Gasteiger partial charge is 0.452 e. The maximum Gasteiger partial charge on any atom is 0.342 e. The molecule has 4 rings (SSSR count). The lowest BCUT2D eigenvalue weighted by Crippen LogP contribution is -2.24. The van der Waals surface area contributed by atoms with Crippen LogP contribution >= 0.6 is 0 Å². The zero-order valence-corrected chi connectivity index (χ0v) is 18.5. The van der Waals surface area contributed by atoms with Gasteiger partial charge in [0, 0.05) is 30.5 Å². The Hall–Kier alpha value is -4.01. The Kier molecular flexibility index (Phi) is 6.48. The number of ether oxygens (including phenoxy) is 1. The molecule has 9 nitrogen and oxygen atoms in total. The standard InChI is InChI=1S/C24H25N5O4/c1-16(2)23-19(14-26-29(23)20-9-3-4-11-25-20)24(32)33-15-21(30)27-17-7-5-8-18(13-17)28-12-6-10-22(28)31/h3-5,7-9,11,13-14,16H,6,10,12,15H2,1-2H3,(H,27,30). The number of carbonyl (C=O) groups excluding carboxylic acids is 3. The van der Waals surface area contributed by atoms with E-state index in [0.717, 1.165) is 12.1 Å². The number of carbonyl (C=O) groups is 3. The van der Waals surface area contributed by atoms with Crippen LogP contribution in [0, 0.1) is 0 Å². The van der Waals surface area contributed by atoms with Gasteiger partial charge in [0.1, 0.15) is 5.56 Å². The second kappa shape index (κ2) is 9.64. The number of esters is 1. The molecule has 1 aliphatic rings. The van der Waals surface area contributed by atoms with E-state index in [1.54, 1.807) is 46.1 Å². The Labute approximate surface area is 191 Å². The molecule has 3 heterocycles. The summed E-state index contributed by atoms with van der Waals surface area (Å²) < 4.78 is 6.86. The molecule has 1 saturated heterocycles. The Morgan fingerprint density at radius 1 is 1.18 bits per heavy atom. The average Bonchev–Trinajstić information content (AvgIpc) is 3.45. The summed E-state index contributed by atoms with van der Waals surface area (Å²) in [7, 11) is 0. The number of rotatable bonds is 7. The number of nitrogens with zero attached hydrogens (tertiary/aromatic N) is 4. The van der Waals surface area contributed by atoms with Crippen molar-refractivity contribution in [3.05, 3.63) is 66.1 Å². The van der Waals surface area contributed by atoms with Gasteiger partial charge in [0.2, 0.25) is 5.91 Å². The maximum absolute atomic E-state index is 12.7. The maximum atomic E-state index is 12.7. The molecule has 2 amide bonds. The van der Waals surface area contributed by atoms with Crippen LogP contribution in [0.15, 0.2) is 54.9 Å². The monoisotopic (exact) mass is 447 g/mol. The van der Waals surface area contributed by atoms with Crippen molar-refractivity contribution in [1.82, 2.24) is 14.8 Å². The lowest BCUT2D eigenvalue weighted by Gasteiger charge is -2.16. The van der Waals surface area contributed by atoms with Gasteiger partial charge < -0.3 is 15.0 Å². The second-order valence-electron chi connectivity index (χ2n) is 8.02. The van der Waals surface area contributed by atoms with Crippen LogP contribution in [0.4, 0.5) is 11.4 Å². The zero-order chi connectivity index (χ0) is 23.4. The van der Waals surface area contributed by atoms with Crippen molar-refractivity contribution in [2.45, 2.75) is 32.6 Å². The fourth-order valence-corrected chi connectivity index (χ4v) is 3.81. The van der Waals surface area contributed by atoms with E-state index in [4.69, 9.17) is 4.74 Å². The topological polar surface area (TPSA) is 106 Å². The minimum absolute atomic E-state index is 0.0260. The lowest BCUT2D eigenvalue weighted by molar-refractivity contribution is -0.119. The van der Waals surface area contributed by atoms with Crippen LogP contribution in [-0.2, 0) is 14.3 Å². The normalized spacial score (nSPS) is 13.4. The molecule has 33 heavy (non-hydrogen) atoms. The van der Waals surface area contributed by atoms with Gasteiger partial charge in [-0.2, -0.15) is 5.10 Å². The van der Waals surface area contributed by atoms with Crippen molar-refractivity contribution in [1.29, 1.82) is 0 Å². The molecule has 2 aromatic heterocycles. The first-order valence-electron chi connectivity index (χ1n) is 10.8. The fraction of sp³-hybridized carbons (Fsp3) is 0.292. The zero-order valence-electron chi connectivity index (χ0n) is 18.5. The van der Waals surface area contributed by atoms with Crippen LogP contribution in [0.2, 0.25) is 0 Å². The Balaban J connectivity index is 1.41. The molecular formula is C24H25N5O4. The summed E-state index contributed by atoms with van der Waals surface area (Å²) in [5, 5.41) is 7.01. The van der Waals surface area contributed by atoms with Gasteiger partial charge in [-0.1, -0.05) is 26.0 Å². The molecule has 0 bridgehead atoms. The number of hydrogen-bond acceptors (Lipinski definition) is 6. The third-order valence-electron chi connectivity index (χ3n) is 5.29. The van der Waals surface area contributed by atoms with Crippen molar-refractivity contribution in [3.63, 3.8) is 0 Å². The van der Waals surface area contributed by atoms with Gasteiger partial charge in [0.25, 0.3) is 5.91 Å². The molecular weight excluding hydrogens is 422 g/mol. The molecule has 1 N–H and O–H groups in total. The Morgan fingerprint density at radius 2 is 2.03 bits per heavy atom. The molecule has 0 unspecified atom stereocenters. The van der Waals surface area contributed by atoms with E-state index in [-0.39, 0.29) is 17.4 Å². The summed E-state index contributed by atoms with van der Waals surface area (Å²) in [4.78, 5) is 43.0. The summed E-state index contributed by atoms with van der Waals surface area (Å²) in [6.45, 7) is 4.10. The van der Waals surface area contributed by atoms with Crippen LogP contribution in [0.25, 0.3) is 5.82 Å². The van der Waals surface area contributed by atoms with Crippen molar-refractivity contribution in [3.8, 4) is 5.82 Å². The van der Waals surface area contributed by atoms with Crippen LogP contribution in [0.3, 0.4) is 0 Å². The first-order chi connectivity index (χ1) is 15.9. The second-order valence-corrected chi connectivity index (χ2v) is 8.02. The molecule has 1 aromatic carbocycles. The molecule has 0 radical (unpaired) electrons. The highest BCUT2D eigenvalue weighted by Gasteiger charge is 2.24. The Morgan fingerprint density at radius 3 is 2.73 bits per heavy atom. The molecule has 0 saturated carbocycles. The third-order valence-corrected chi connectivity index (χ3v) is 5.29. The third kappa shape index (κ3) is 4.92. The predicted octanol–water partition coefficient (Wildman–Crippen LogP) is 3.31. The molecule has 0 aliphatic carbocycles. The summed E-state index contributed by atoms with van der Waals surface area (Å²) in [6, 6.07) is 12.5. The highest BCUT2D eigenvalue weighted by atomic mass is 16.5. The molecule has 1 aliphatic heterocycles. The van der Waals surface area contributed by atoms with Crippen LogP contribution in [0.5, 0.6) is 0 Å². The smallest absolute Gasteiger partial charge is 0.342 e. The van der Waals surface area contributed by atoms with E-state index in [1.807, 2.05) is 26.0 Å². The van der Waals surface area contributed by atoms with E-state index in [2.05, 4.69) is 15.4 Å². The van der Waals surface area contributed by atoms with Gasteiger partial charge in [0.05, 0.1) is 11.9 Å². The van der Waals surface area contributed by atoms with Gasteiger partial charge in [0.15, 0.2) is 12.4 Å². The first-order valence-corrected chi connectivity index (χ1v) is 10.8. The highest BCUT2D eigenvalue weighted by molar-refractivity contribution is 5.98. The van der Waals surface area contributed by atoms with Gasteiger partial charge in [-0.3, -0.25) is 9.59 Å². The van der Waals surface area contributed by atoms with Crippen molar-refractivity contribution >= 4 is 29.2 Å². The number of anilines is 2. The summed E-state index contributed by atoms with van der Waals surface area (Å²) in [6.07, 6.45) is 4.43. The number of amides is 2. The number of aromatic nitrogens is 3. The predicted molar refractivity (Wildman–Crippen MR) is 122 cm³/mol. The van der Waals surface area contributed by atoms with Gasteiger partial charge in [-0.25, -0.2) is 14.5 Å². The summed E-state index contributed by atoms with van der Waals surface area (Å²) in [5.41, 5.74) is 2.20. The molecule has 170 valence electrons. The van der Waals surface area contributed by atoms with Crippen molar-refractivity contribution in [2.24, 2.45) is 0 Å². The minimum atomic E-state index is -0.632. The van der Waals surface area contributed by atoms with E-state index in [1.165, 1.54) is 6.20 Å². The molecule has 3 aromatic rings. The highest BCUT2D eigenvalue weighted by Crippen LogP contribution is 2.25. The van der Waals surface area contributed by atoms with Gasteiger partial charge >= 0.3 is 5.97 Å². The number of hydrogen-bond donors (Lipinski definition) is 1. The van der Waals surface area contributed by atoms with Crippen LogP contribution in [-0.4, -0.2) is 45.7 Å². The van der Waals surface area contributed by atoms with Crippen LogP contribution in [0.1, 0.15) is 48.7 Å². The minimum Gasteiger partial charge on any atom is -0.452 e. The molecule has 9 heteroatoms. The van der Waals surface area contributed by atoms with Gasteiger partial charge in [-0.05, 0) is 42.7 Å². The average molecular weight is 447 g/mol. The SMILES string of the molecule is CC(C)c1c(C(=O)OCC(=O)Nc2cccc(N3CCCC3=O)c2)cnn1-c1ccccn1. The first kappa shape index (κ1) is 22.2. The quantitative estimate of drug-likeness (QED) is 0.557. The van der Waals surface area contributed by atoms with Crippen LogP contribution < -0.4 is 10.2 Å². The van der Waals surface area contributed by atoms with E-state index < -0.39 is 18.5 Å². The van der Waals surface area contributed by atoms with E-state index in [0.29, 0.717) is 30.2 Å². The number of benzene rings is 1. The molecule has 0 spiro atoms. The molecule has 0 atom stereocenters. The molecule has 1 fully saturated rings. The number of pyridine rings is 1. The van der Waals surface area contributed by atoms with E-state index in [9.17, 15) is 14.4 Å². The van der Waals surface area contributed by atoms with Crippen molar-refractivity contribution in [2.75, 3.05) is 23.4 Å². The summed E-state index contributed by atoms with van der Waals surface area (Å²) in [5.74, 6) is -0.472. The fourth-order valence-electron chi connectivity index (χ4n) is 3.81. The Bertz CT molecular complexity index is 1170. The lowest BCUT2D eigenvalue weighted by atomic mass is 10.1. The van der Waals surface area contributed by atoms with E-state index >= 15 is 0 Å². The number of nitrogens with one attached hydrogen (secondary N) is 1. The van der Waals surface area contributed by atoms with Gasteiger partial charge in [-0.15, -0.1) is 0 Å². The summed E-state index contributed by atoms with van der Waals surface area (Å²) >= 11 is 0.